The van der Waals surface area contributed by atoms with Crippen molar-refractivity contribution < 1.29 is 18.9 Å². The third-order valence-corrected chi connectivity index (χ3v) is 6.70. The molecule has 1 fully saturated rings. The number of thioether (sulfide) groups is 1. The van der Waals surface area contributed by atoms with E-state index >= 15 is 0 Å². The number of carbonyl (C=O) groups excluding carboxylic acids is 2. The number of nitro groups is 1. The van der Waals surface area contributed by atoms with Gasteiger partial charge in [-0.25, -0.2) is 4.39 Å². The summed E-state index contributed by atoms with van der Waals surface area (Å²) >= 11 is 1.45. The molecule has 33 heavy (non-hydrogen) atoms. The second-order valence-corrected chi connectivity index (χ2v) is 8.71. The zero-order valence-electron chi connectivity index (χ0n) is 17.9. The number of aryl methyl sites for hydroxylation is 1. The van der Waals surface area contributed by atoms with Gasteiger partial charge in [-0.3, -0.25) is 24.6 Å². The van der Waals surface area contributed by atoms with E-state index in [-0.39, 0.29) is 34.1 Å². The van der Waals surface area contributed by atoms with Crippen molar-refractivity contribution in [3.05, 3.63) is 98.8 Å². The van der Waals surface area contributed by atoms with Crippen molar-refractivity contribution in [2.45, 2.75) is 19.2 Å². The second-order valence-electron chi connectivity index (χ2n) is 7.65. The zero-order chi connectivity index (χ0) is 23.7. The molecule has 0 spiro atoms. The van der Waals surface area contributed by atoms with Gasteiger partial charge in [0.15, 0.2) is 0 Å². The molecule has 0 aliphatic carbocycles. The van der Waals surface area contributed by atoms with E-state index in [4.69, 9.17) is 0 Å². The van der Waals surface area contributed by atoms with Crippen molar-refractivity contribution in [3.8, 4) is 0 Å². The molecule has 4 rings (SSSR count). The average Bonchev–Trinajstić information content (AvgIpc) is 3.17. The number of hydrogen-bond acceptors (Lipinski definition) is 5. The van der Waals surface area contributed by atoms with Crippen molar-refractivity contribution in [2.24, 2.45) is 0 Å². The van der Waals surface area contributed by atoms with E-state index in [1.165, 1.54) is 36.0 Å². The molecule has 168 valence electrons. The number of amides is 2. The number of carbonyl (C=O) groups is 2. The van der Waals surface area contributed by atoms with Gasteiger partial charge in [-0.2, -0.15) is 0 Å². The van der Waals surface area contributed by atoms with Crippen LogP contribution in [0, 0.1) is 29.8 Å². The topological polar surface area (TPSA) is 92.6 Å². The maximum atomic E-state index is 14.1. The lowest BCUT2D eigenvalue weighted by molar-refractivity contribution is -0.385. The number of nitrogens with zero attached hydrogens (tertiary/aromatic N) is 2. The highest BCUT2D eigenvalue weighted by atomic mass is 32.2. The van der Waals surface area contributed by atoms with Crippen LogP contribution >= 0.6 is 11.8 Å². The van der Waals surface area contributed by atoms with Crippen molar-refractivity contribution in [1.29, 1.82) is 0 Å². The van der Waals surface area contributed by atoms with Gasteiger partial charge in [0.2, 0.25) is 5.91 Å². The SMILES string of the molecule is Cc1ccc(C(=O)Nc2ccc(C3SCC(=O)N3c3cccc(F)c3C)cc2)cc1[N+](=O)[O-]. The van der Waals surface area contributed by atoms with Crippen LogP contribution in [0.1, 0.15) is 32.4 Å². The summed E-state index contributed by atoms with van der Waals surface area (Å²) in [5.41, 5.74) is 2.83. The summed E-state index contributed by atoms with van der Waals surface area (Å²) in [4.78, 5) is 37.3. The molecule has 9 heteroatoms. The van der Waals surface area contributed by atoms with E-state index in [1.54, 1.807) is 55.1 Å². The predicted molar refractivity (Wildman–Crippen MR) is 126 cm³/mol. The fourth-order valence-electron chi connectivity index (χ4n) is 3.67. The van der Waals surface area contributed by atoms with Gasteiger partial charge in [-0.1, -0.05) is 24.3 Å². The van der Waals surface area contributed by atoms with Crippen LogP contribution in [-0.4, -0.2) is 22.5 Å². The molecule has 3 aromatic carbocycles. The molecule has 1 atom stereocenters. The normalized spacial score (nSPS) is 15.5. The molecule has 1 N–H and O–H groups in total. The number of hydrogen-bond donors (Lipinski definition) is 1. The van der Waals surface area contributed by atoms with E-state index < -0.39 is 10.8 Å². The van der Waals surface area contributed by atoms with Crippen molar-refractivity contribution in [3.63, 3.8) is 0 Å². The Bertz CT molecular complexity index is 1260. The molecule has 1 heterocycles. The molecule has 7 nitrogen and oxygen atoms in total. The van der Waals surface area contributed by atoms with Crippen molar-refractivity contribution >= 4 is 40.6 Å². The van der Waals surface area contributed by atoms with Crippen LogP contribution in [0.3, 0.4) is 0 Å². The number of anilines is 2. The minimum atomic E-state index is -0.520. The maximum absolute atomic E-state index is 14.1. The first-order valence-corrected chi connectivity index (χ1v) is 11.2. The van der Waals surface area contributed by atoms with Gasteiger partial charge in [0.1, 0.15) is 11.2 Å². The Kier molecular flexibility index (Phi) is 6.15. The summed E-state index contributed by atoms with van der Waals surface area (Å²) in [5.74, 6) is -0.652. The minimum Gasteiger partial charge on any atom is -0.322 e. The average molecular weight is 466 g/mol. The summed E-state index contributed by atoms with van der Waals surface area (Å²) in [6.07, 6.45) is 0. The van der Waals surface area contributed by atoms with E-state index in [1.807, 2.05) is 0 Å². The Morgan fingerprint density at radius 3 is 2.58 bits per heavy atom. The van der Waals surface area contributed by atoms with Crippen LogP contribution in [0.5, 0.6) is 0 Å². The number of halogens is 1. The van der Waals surface area contributed by atoms with Gasteiger partial charge < -0.3 is 5.32 Å². The number of nitrogens with one attached hydrogen (secondary N) is 1. The Hall–Kier alpha value is -3.72. The van der Waals surface area contributed by atoms with Gasteiger partial charge in [0.25, 0.3) is 11.6 Å². The molecule has 3 aromatic rings. The monoisotopic (exact) mass is 465 g/mol. The highest BCUT2D eigenvalue weighted by Crippen LogP contribution is 2.43. The maximum Gasteiger partial charge on any atom is 0.273 e. The van der Waals surface area contributed by atoms with Gasteiger partial charge in [0.05, 0.1) is 16.4 Å². The quantitative estimate of drug-likeness (QED) is 0.403. The first kappa shape index (κ1) is 22.5. The third kappa shape index (κ3) is 4.45. The molecule has 1 aliphatic heterocycles. The van der Waals surface area contributed by atoms with Gasteiger partial charge >= 0.3 is 0 Å². The molecule has 0 saturated carbocycles. The lowest BCUT2D eigenvalue weighted by atomic mass is 10.1. The summed E-state index contributed by atoms with van der Waals surface area (Å²) < 4.78 is 14.1. The van der Waals surface area contributed by atoms with Crippen molar-refractivity contribution in [1.82, 2.24) is 0 Å². The largest absolute Gasteiger partial charge is 0.322 e. The lowest BCUT2D eigenvalue weighted by Crippen LogP contribution is -2.28. The highest BCUT2D eigenvalue weighted by Gasteiger charge is 2.35. The molecule has 2 amide bonds. The van der Waals surface area contributed by atoms with Crippen LogP contribution < -0.4 is 10.2 Å². The fraction of sp³-hybridized carbons (Fsp3) is 0.167. The van der Waals surface area contributed by atoms with Gasteiger partial charge in [-0.15, -0.1) is 11.8 Å². The van der Waals surface area contributed by atoms with Gasteiger partial charge in [-0.05, 0) is 49.7 Å². The lowest BCUT2D eigenvalue weighted by Gasteiger charge is -2.26. The van der Waals surface area contributed by atoms with Gasteiger partial charge in [0, 0.05) is 28.4 Å². The number of nitro benzene ring substituents is 1. The Morgan fingerprint density at radius 1 is 1.15 bits per heavy atom. The third-order valence-electron chi connectivity index (χ3n) is 5.49. The van der Waals surface area contributed by atoms with E-state index in [9.17, 15) is 24.1 Å². The Labute approximate surface area is 193 Å². The Balaban J connectivity index is 1.54. The summed E-state index contributed by atoms with van der Waals surface area (Å²) in [5, 5.41) is 13.5. The van der Waals surface area contributed by atoms with Crippen LogP contribution in [0.4, 0.5) is 21.5 Å². The molecule has 0 bridgehead atoms. The molecule has 0 radical (unpaired) electrons. The van der Waals surface area contributed by atoms with E-state index in [0.29, 0.717) is 22.5 Å². The molecule has 0 aromatic heterocycles. The second kappa shape index (κ2) is 9.03. The molecular weight excluding hydrogens is 445 g/mol. The fourth-order valence-corrected chi connectivity index (χ4v) is 4.84. The first-order chi connectivity index (χ1) is 15.8. The smallest absolute Gasteiger partial charge is 0.273 e. The van der Waals surface area contributed by atoms with Crippen LogP contribution in [0.15, 0.2) is 60.7 Å². The number of rotatable bonds is 5. The summed E-state index contributed by atoms with van der Waals surface area (Å²) in [7, 11) is 0. The van der Waals surface area contributed by atoms with E-state index in [0.717, 1.165) is 5.56 Å². The zero-order valence-corrected chi connectivity index (χ0v) is 18.7. The standard InChI is InChI=1S/C24H20FN3O4S/c1-14-6-7-17(12-21(14)28(31)32)23(30)26-18-10-8-16(9-11-18)24-27(22(29)13-33-24)20-5-3-4-19(25)15(20)2/h3-12,24H,13H2,1-2H3,(H,26,30). The van der Waals surface area contributed by atoms with Crippen LogP contribution in [0.25, 0.3) is 0 Å². The summed E-state index contributed by atoms with van der Waals surface area (Å²) in [6, 6.07) is 16.0. The van der Waals surface area contributed by atoms with Crippen LogP contribution in [-0.2, 0) is 4.79 Å². The molecule has 1 unspecified atom stereocenters. The minimum absolute atomic E-state index is 0.1000. The molecule has 1 aliphatic rings. The Morgan fingerprint density at radius 2 is 1.88 bits per heavy atom. The molecular formula is C24H20FN3O4S. The molecule has 1 saturated heterocycles. The summed E-state index contributed by atoms with van der Waals surface area (Å²) in [6.45, 7) is 3.25. The van der Waals surface area contributed by atoms with Crippen molar-refractivity contribution in [2.75, 3.05) is 16.0 Å². The number of benzene rings is 3. The van der Waals surface area contributed by atoms with Crippen LogP contribution in [0.2, 0.25) is 0 Å². The van der Waals surface area contributed by atoms with E-state index in [2.05, 4.69) is 5.32 Å². The predicted octanol–water partition coefficient (Wildman–Crippen LogP) is 5.38. The first-order valence-electron chi connectivity index (χ1n) is 10.1. The highest BCUT2D eigenvalue weighted by molar-refractivity contribution is 8.00.